The predicted octanol–water partition coefficient (Wildman–Crippen LogP) is 3.91. The Kier molecular flexibility index (Phi) is 4.55. The number of hydrogen-bond acceptors (Lipinski definition) is 2. The van der Waals surface area contributed by atoms with Gasteiger partial charge in [-0.05, 0) is 37.3 Å². The van der Waals surface area contributed by atoms with Crippen LogP contribution in [0.1, 0.15) is 43.2 Å². The number of hydrogen-bond donors (Lipinski definition) is 0. The van der Waals surface area contributed by atoms with Gasteiger partial charge in [-0.15, -0.1) is 0 Å². The van der Waals surface area contributed by atoms with Crippen molar-refractivity contribution in [3.05, 3.63) is 35.1 Å². The van der Waals surface area contributed by atoms with Gasteiger partial charge < -0.3 is 9.64 Å². The third kappa shape index (κ3) is 3.41. The van der Waals surface area contributed by atoms with Crippen molar-refractivity contribution in [2.75, 3.05) is 13.2 Å². The predicted molar refractivity (Wildman–Crippen MR) is 78.6 cm³/mol. The van der Waals surface area contributed by atoms with Crippen LogP contribution in [0.3, 0.4) is 0 Å². The van der Waals surface area contributed by atoms with E-state index in [1.807, 2.05) is 0 Å². The smallest absolute Gasteiger partial charge is 0.375 e. The number of benzene rings is 1. The van der Waals surface area contributed by atoms with Crippen molar-refractivity contribution in [1.82, 2.24) is 4.90 Å². The quantitative estimate of drug-likeness (QED) is 0.761. The molecule has 2 saturated heterocycles. The molecule has 1 aromatic rings. The standard InChI is InChI=1S/C17H19F4NO2/c18-13-4-1-3-12(15(13)17(19,20)21)11-22-9-8-16(6-2-10-24-16)7-5-14(22)23/h1,3-4H,2,5-11H2/t16-/m1/s1. The van der Waals surface area contributed by atoms with E-state index in [1.165, 1.54) is 17.0 Å². The minimum Gasteiger partial charge on any atom is -0.375 e. The van der Waals surface area contributed by atoms with E-state index >= 15 is 0 Å². The molecule has 1 aromatic carbocycles. The number of amides is 1. The SMILES string of the molecule is O=C1CC[C@]2(CCCO2)CCN1Cc1cccc(F)c1C(F)(F)F. The van der Waals surface area contributed by atoms with E-state index in [1.54, 1.807) is 0 Å². The molecule has 0 bridgehead atoms. The number of rotatable bonds is 2. The number of carbonyl (C=O) groups is 1. The first-order valence-electron chi connectivity index (χ1n) is 8.07. The normalized spacial score (nSPS) is 25.3. The summed E-state index contributed by atoms with van der Waals surface area (Å²) in [5.74, 6) is -1.52. The Morgan fingerprint density at radius 2 is 2.00 bits per heavy atom. The third-order valence-electron chi connectivity index (χ3n) is 4.91. The molecule has 7 heteroatoms. The largest absolute Gasteiger partial charge is 0.419 e. The minimum absolute atomic E-state index is 0.209. The Bertz CT molecular complexity index is 624. The second kappa shape index (κ2) is 6.35. The summed E-state index contributed by atoms with van der Waals surface area (Å²) < 4.78 is 58.8. The molecule has 0 aliphatic carbocycles. The van der Waals surface area contributed by atoms with Crippen LogP contribution in [0, 0.1) is 5.82 Å². The molecule has 2 aliphatic rings. The highest BCUT2D eigenvalue weighted by molar-refractivity contribution is 5.76. The monoisotopic (exact) mass is 345 g/mol. The van der Waals surface area contributed by atoms with Gasteiger partial charge in [0.1, 0.15) is 5.82 Å². The molecule has 132 valence electrons. The van der Waals surface area contributed by atoms with Crippen LogP contribution in [-0.4, -0.2) is 29.6 Å². The molecule has 3 nitrogen and oxygen atoms in total. The maximum Gasteiger partial charge on any atom is 0.419 e. The van der Waals surface area contributed by atoms with Gasteiger partial charge in [-0.1, -0.05) is 12.1 Å². The van der Waals surface area contributed by atoms with Gasteiger partial charge in [0.25, 0.3) is 0 Å². The van der Waals surface area contributed by atoms with Gasteiger partial charge in [-0.25, -0.2) is 4.39 Å². The molecule has 0 saturated carbocycles. The molecular weight excluding hydrogens is 326 g/mol. The molecule has 24 heavy (non-hydrogen) atoms. The topological polar surface area (TPSA) is 29.5 Å². The van der Waals surface area contributed by atoms with Crippen molar-refractivity contribution in [1.29, 1.82) is 0 Å². The fourth-order valence-corrected chi connectivity index (χ4v) is 3.62. The summed E-state index contributed by atoms with van der Waals surface area (Å²) in [4.78, 5) is 13.7. The van der Waals surface area contributed by atoms with E-state index < -0.39 is 17.6 Å². The molecule has 0 aromatic heterocycles. The Labute approximate surface area is 137 Å². The number of halogens is 4. The van der Waals surface area contributed by atoms with Crippen LogP contribution in [0.25, 0.3) is 0 Å². The second-order valence-electron chi connectivity index (χ2n) is 6.47. The molecule has 3 rings (SSSR count). The number of likely N-dealkylation sites (tertiary alicyclic amines) is 1. The highest BCUT2D eigenvalue weighted by Crippen LogP contribution is 2.38. The molecule has 2 fully saturated rings. The van der Waals surface area contributed by atoms with Crippen molar-refractivity contribution in [3.63, 3.8) is 0 Å². The highest BCUT2D eigenvalue weighted by atomic mass is 19.4. The fourth-order valence-electron chi connectivity index (χ4n) is 3.62. The van der Waals surface area contributed by atoms with E-state index in [0.717, 1.165) is 18.9 Å². The summed E-state index contributed by atoms with van der Waals surface area (Å²) in [6.45, 7) is 0.754. The molecular formula is C17H19F4NO2. The molecule has 0 radical (unpaired) electrons. The molecule has 2 aliphatic heterocycles. The van der Waals surface area contributed by atoms with Crippen LogP contribution in [0.5, 0.6) is 0 Å². The summed E-state index contributed by atoms with van der Waals surface area (Å²) in [6, 6.07) is 3.26. The van der Waals surface area contributed by atoms with Crippen molar-refractivity contribution in [3.8, 4) is 0 Å². The van der Waals surface area contributed by atoms with E-state index in [-0.39, 0.29) is 30.0 Å². The van der Waals surface area contributed by atoms with Crippen molar-refractivity contribution < 1.29 is 27.1 Å². The van der Waals surface area contributed by atoms with Gasteiger partial charge in [-0.3, -0.25) is 4.79 Å². The first-order chi connectivity index (χ1) is 11.3. The van der Waals surface area contributed by atoms with E-state index in [4.69, 9.17) is 4.74 Å². The Morgan fingerprint density at radius 1 is 1.21 bits per heavy atom. The number of ether oxygens (including phenoxy) is 1. The fraction of sp³-hybridized carbons (Fsp3) is 0.588. The maximum absolute atomic E-state index is 13.7. The Balaban J connectivity index is 1.81. The van der Waals surface area contributed by atoms with Gasteiger partial charge >= 0.3 is 6.18 Å². The number of carbonyl (C=O) groups excluding carboxylic acids is 1. The number of alkyl halides is 3. The molecule has 1 atom stereocenters. The highest BCUT2D eigenvalue weighted by Gasteiger charge is 2.40. The zero-order valence-electron chi connectivity index (χ0n) is 13.2. The van der Waals surface area contributed by atoms with Gasteiger partial charge in [0.2, 0.25) is 5.91 Å². The van der Waals surface area contributed by atoms with Crippen LogP contribution in [0.15, 0.2) is 18.2 Å². The summed E-state index contributed by atoms with van der Waals surface area (Å²) >= 11 is 0. The van der Waals surface area contributed by atoms with Gasteiger partial charge in [0.15, 0.2) is 0 Å². The molecule has 0 unspecified atom stereocenters. The van der Waals surface area contributed by atoms with Crippen molar-refractivity contribution in [2.45, 2.75) is 50.4 Å². The molecule has 0 N–H and O–H groups in total. The summed E-state index contributed by atoms with van der Waals surface area (Å²) in [5, 5.41) is 0. The zero-order chi connectivity index (χ0) is 17.4. The molecule has 2 heterocycles. The third-order valence-corrected chi connectivity index (χ3v) is 4.91. The lowest BCUT2D eigenvalue weighted by atomic mass is 9.92. The van der Waals surface area contributed by atoms with Gasteiger partial charge in [-0.2, -0.15) is 13.2 Å². The molecule has 1 amide bonds. The van der Waals surface area contributed by atoms with Crippen LogP contribution in [0.2, 0.25) is 0 Å². The van der Waals surface area contributed by atoms with Crippen LogP contribution in [-0.2, 0) is 22.3 Å². The van der Waals surface area contributed by atoms with Crippen LogP contribution >= 0.6 is 0 Å². The summed E-state index contributed by atoms with van der Waals surface area (Å²) in [5.41, 5.74) is -1.81. The van der Waals surface area contributed by atoms with Crippen molar-refractivity contribution >= 4 is 5.91 Å². The number of nitrogens with zero attached hydrogens (tertiary/aromatic N) is 1. The first kappa shape index (κ1) is 17.2. The lowest BCUT2D eigenvalue weighted by Gasteiger charge is -2.27. The van der Waals surface area contributed by atoms with Gasteiger partial charge in [0, 0.05) is 26.1 Å². The first-order valence-corrected chi connectivity index (χ1v) is 8.07. The Morgan fingerprint density at radius 3 is 2.67 bits per heavy atom. The van der Waals surface area contributed by atoms with Gasteiger partial charge in [0.05, 0.1) is 11.2 Å². The maximum atomic E-state index is 13.7. The Hall–Kier alpha value is -1.63. The summed E-state index contributed by atoms with van der Waals surface area (Å²) in [7, 11) is 0. The average Bonchev–Trinajstić information content (AvgIpc) is 2.91. The summed E-state index contributed by atoms with van der Waals surface area (Å²) in [6.07, 6.45) is -1.52. The van der Waals surface area contributed by atoms with Crippen LogP contribution in [0.4, 0.5) is 17.6 Å². The van der Waals surface area contributed by atoms with E-state index in [9.17, 15) is 22.4 Å². The second-order valence-corrected chi connectivity index (χ2v) is 6.47. The molecule has 1 spiro atoms. The zero-order valence-corrected chi connectivity index (χ0v) is 13.2. The van der Waals surface area contributed by atoms with Crippen molar-refractivity contribution in [2.24, 2.45) is 0 Å². The van der Waals surface area contributed by atoms with E-state index in [0.29, 0.717) is 26.0 Å². The van der Waals surface area contributed by atoms with E-state index in [2.05, 4.69) is 0 Å². The lowest BCUT2D eigenvalue weighted by Crippen LogP contribution is -2.32. The lowest BCUT2D eigenvalue weighted by molar-refractivity contribution is -0.142. The minimum atomic E-state index is -4.79. The van der Waals surface area contributed by atoms with Crippen LogP contribution < -0.4 is 0 Å². The average molecular weight is 345 g/mol.